The summed E-state index contributed by atoms with van der Waals surface area (Å²) in [5.74, 6) is -2.21. The van der Waals surface area contributed by atoms with Crippen molar-refractivity contribution in [3.63, 3.8) is 0 Å². The Hall–Kier alpha value is -1.83. The van der Waals surface area contributed by atoms with Gasteiger partial charge in [0.25, 0.3) is 0 Å². The second-order valence-electron chi connectivity index (χ2n) is 7.04. The van der Waals surface area contributed by atoms with Crippen LogP contribution in [-0.2, 0) is 14.3 Å². The molecular formula is C21H32ClNO6. The molecule has 1 aromatic carbocycles. The molecule has 2 rings (SSSR count). The summed E-state index contributed by atoms with van der Waals surface area (Å²) >= 11 is 5.98. The number of unbranched alkanes of at least 4 members (excludes halogenated alkanes) is 2. The van der Waals surface area contributed by atoms with Gasteiger partial charge in [-0.3, -0.25) is 0 Å². The molecule has 0 aromatic heterocycles. The summed E-state index contributed by atoms with van der Waals surface area (Å²) in [6.45, 7) is 6.43. The first-order valence-electron chi connectivity index (χ1n) is 9.97. The number of aliphatic carboxylic acids is 2. The molecule has 29 heavy (non-hydrogen) atoms. The monoisotopic (exact) mass is 429 g/mol. The SMILES string of the molecule is CCCCCN1CC[C@H](CCOc2cccc(Cl)c2)[C@@H](OC)C1.O=C(O)C(=O)O. The highest BCUT2D eigenvalue weighted by atomic mass is 35.5. The number of piperidine rings is 1. The summed E-state index contributed by atoms with van der Waals surface area (Å²) in [5.41, 5.74) is 0. The number of ether oxygens (including phenoxy) is 2. The minimum absolute atomic E-state index is 0.327. The predicted molar refractivity (Wildman–Crippen MR) is 112 cm³/mol. The highest BCUT2D eigenvalue weighted by Gasteiger charge is 2.28. The minimum Gasteiger partial charge on any atom is -0.494 e. The molecule has 2 atom stereocenters. The van der Waals surface area contributed by atoms with Crippen LogP contribution in [0, 0.1) is 5.92 Å². The minimum atomic E-state index is -1.82. The third kappa shape index (κ3) is 10.5. The molecule has 2 N–H and O–H groups in total. The van der Waals surface area contributed by atoms with Crippen molar-refractivity contribution in [1.82, 2.24) is 4.90 Å². The van der Waals surface area contributed by atoms with E-state index in [0.717, 1.165) is 30.3 Å². The van der Waals surface area contributed by atoms with Gasteiger partial charge in [0.15, 0.2) is 0 Å². The number of hydrogen-bond acceptors (Lipinski definition) is 5. The van der Waals surface area contributed by atoms with E-state index in [0.29, 0.717) is 12.0 Å². The molecule has 8 heteroatoms. The van der Waals surface area contributed by atoms with Gasteiger partial charge in [-0.05, 0) is 56.5 Å². The van der Waals surface area contributed by atoms with Gasteiger partial charge >= 0.3 is 11.9 Å². The van der Waals surface area contributed by atoms with Crippen LogP contribution in [0.5, 0.6) is 5.75 Å². The molecule has 0 radical (unpaired) electrons. The van der Waals surface area contributed by atoms with Gasteiger partial charge in [0.05, 0.1) is 12.7 Å². The molecule has 1 aliphatic heterocycles. The van der Waals surface area contributed by atoms with Gasteiger partial charge in [-0.2, -0.15) is 0 Å². The summed E-state index contributed by atoms with van der Waals surface area (Å²) in [6, 6.07) is 7.61. The summed E-state index contributed by atoms with van der Waals surface area (Å²) in [6.07, 6.45) is 6.47. The number of carboxylic acid groups (broad SMARTS) is 2. The third-order valence-electron chi connectivity index (χ3n) is 4.90. The number of rotatable bonds is 9. The van der Waals surface area contributed by atoms with E-state index in [1.165, 1.54) is 38.8 Å². The molecule has 0 amide bonds. The van der Waals surface area contributed by atoms with Gasteiger partial charge < -0.3 is 24.6 Å². The second kappa shape index (κ2) is 14.2. The van der Waals surface area contributed by atoms with E-state index in [-0.39, 0.29) is 0 Å². The molecular weight excluding hydrogens is 398 g/mol. The predicted octanol–water partition coefficient (Wildman–Crippen LogP) is 3.79. The molecule has 1 fully saturated rings. The van der Waals surface area contributed by atoms with Crippen LogP contribution in [0.3, 0.4) is 0 Å². The lowest BCUT2D eigenvalue weighted by atomic mass is 9.91. The fraction of sp³-hybridized carbons (Fsp3) is 0.619. The average Bonchev–Trinajstić information content (AvgIpc) is 2.69. The summed E-state index contributed by atoms with van der Waals surface area (Å²) < 4.78 is 11.6. The van der Waals surface area contributed by atoms with Crippen molar-refractivity contribution in [1.29, 1.82) is 0 Å². The van der Waals surface area contributed by atoms with Crippen LogP contribution in [0.1, 0.15) is 39.0 Å². The largest absolute Gasteiger partial charge is 0.494 e. The Labute approximate surface area is 177 Å². The zero-order chi connectivity index (χ0) is 21.6. The van der Waals surface area contributed by atoms with Crippen LogP contribution in [0.4, 0.5) is 0 Å². The first-order chi connectivity index (χ1) is 13.9. The van der Waals surface area contributed by atoms with Crippen molar-refractivity contribution >= 4 is 23.5 Å². The number of likely N-dealkylation sites (tertiary alicyclic amines) is 1. The van der Waals surface area contributed by atoms with Crippen LogP contribution in [-0.4, -0.2) is 66.5 Å². The number of methoxy groups -OCH3 is 1. The van der Waals surface area contributed by atoms with E-state index in [9.17, 15) is 0 Å². The first kappa shape index (κ1) is 25.2. The normalized spacial score (nSPS) is 19.1. The maximum absolute atomic E-state index is 9.10. The van der Waals surface area contributed by atoms with Gasteiger partial charge in [-0.25, -0.2) is 9.59 Å². The number of hydrogen-bond donors (Lipinski definition) is 2. The average molecular weight is 430 g/mol. The van der Waals surface area contributed by atoms with Gasteiger partial charge in [0.2, 0.25) is 0 Å². The highest BCUT2D eigenvalue weighted by Crippen LogP contribution is 2.24. The fourth-order valence-corrected chi connectivity index (χ4v) is 3.48. The quantitative estimate of drug-likeness (QED) is 0.455. The van der Waals surface area contributed by atoms with Crippen LogP contribution in [0.2, 0.25) is 5.02 Å². The first-order valence-corrected chi connectivity index (χ1v) is 10.3. The molecule has 0 spiro atoms. The summed E-state index contributed by atoms with van der Waals surface area (Å²) in [5, 5.41) is 15.5. The molecule has 1 heterocycles. The Bertz CT molecular complexity index is 615. The Morgan fingerprint density at radius 2 is 1.97 bits per heavy atom. The Balaban J connectivity index is 0.000000612. The number of carbonyl (C=O) groups is 2. The van der Waals surface area contributed by atoms with Crippen molar-refractivity contribution in [3.8, 4) is 5.75 Å². The molecule has 164 valence electrons. The fourth-order valence-electron chi connectivity index (χ4n) is 3.30. The lowest BCUT2D eigenvalue weighted by Gasteiger charge is -2.37. The Morgan fingerprint density at radius 3 is 2.55 bits per heavy atom. The van der Waals surface area contributed by atoms with Crippen molar-refractivity contribution < 1.29 is 29.3 Å². The Morgan fingerprint density at radius 1 is 1.24 bits per heavy atom. The molecule has 1 aromatic rings. The number of halogens is 1. The Kier molecular flexibility index (Phi) is 12.3. The van der Waals surface area contributed by atoms with E-state index in [1.807, 2.05) is 31.4 Å². The smallest absolute Gasteiger partial charge is 0.414 e. The topological polar surface area (TPSA) is 96.3 Å². The van der Waals surface area contributed by atoms with Crippen LogP contribution in [0.15, 0.2) is 24.3 Å². The van der Waals surface area contributed by atoms with E-state index < -0.39 is 11.9 Å². The van der Waals surface area contributed by atoms with Crippen molar-refractivity contribution in [2.75, 3.05) is 33.4 Å². The van der Waals surface area contributed by atoms with Gasteiger partial charge in [0, 0.05) is 18.7 Å². The lowest BCUT2D eigenvalue weighted by Crippen LogP contribution is -2.45. The van der Waals surface area contributed by atoms with E-state index in [1.54, 1.807) is 0 Å². The van der Waals surface area contributed by atoms with Crippen molar-refractivity contribution in [3.05, 3.63) is 29.3 Å². The van der Waals surface area contributed by atoms with Crippen molar-refractivity contribution in [2.45, 2.75) is 45.1 Å². The molecule has 1 aliphatic rings. The zero-order valence-corrected chi connectivity index (χ0v) is 17.9. The van der Waals surface area contributed by atoms with E-state index in [2.05, 4.69) is 11.8 Å². The third-order valence-corrected chi connectivity index (χ3v) is 5.13. The van der Waals surface area contributed by atoms with E-state index in [4.69, 9.17) is 40.9 Å². The van der Waals surface area contributed by atoms with Gasteiger partial charge in [-0.15, -0.1) is 0 Å². The van der Waals surface area contributed by atoms with Crippen molar-refractivity contribution in [2.24, 2.45) is 5.92 Å². The second-order valence-corrected chi connectivity index (χ2v) is 7.47. The maximum Gasteiger partial charge on any atom is 0.414 e. The van der Waals surface area contributed by atoms with Crippen LogP contribution < -0.4 is 4.74 Å². The lowest BCUT2D eigenvalue weighted by molar-refractivity contribution is -0.159. The summed E-state index contributed by atoms with van der Waals surface area (Å²) in [4.78, 5) is 20.8. The van der Waals surface area contributed by atoms with Gasteiger partial charge in [-0.1, -0.05) is 37.4 Å². The standard InChI is InChI=1S/C19H30ClNO2.C2H2O4/c1-3-4-5-11-21-12-9-16(19(15-21)22-2)10-13-23-18-8-6-7-17(20)14-18;3-1(4)2(5)6/h6-8,14,16,19H,3-5,9-13,15H2,1-2H3;(H,3,4)(H,5,6)/t16-,19+;/m1./s1. The molecule has 1 saturated heterocycles. The highest BCUT2D eigenvalue weighted by molar-refractivity contribution is 6.30. The molecule has 7 nitrogen and oxygen atoms in total. The van der Waals surface area contributed by atoms with E-state index >= 15 is 0 Å². The summed E-state index contributed by atoms with van der Waals surface area (Å²) in [7, 11) is 1.84. The number of nitrogens with zero attached hydrogens (tertiary/aromatic N) is 1. The van der Waals surface area contributed by atoms with Gasteiger partial charge in [0.1, 0.15) is 5.75 Å². The molecule has 0 bridgehead atoms. The number of carboxylic acids is 2. The van der Waals surface area contributed by atoms with Crippen LogP contribution in [0.25, 0.3) is 0 Å². The maximum atomic E-state index is 9.10. The number of benzene rings is 1. The van der Waals surface area contributed by atoms with Crippen LogP contribution >= 0.6 is 11.6 Å². The zero-order valence-electron chi connectivity index (χ0n) is 17.2. The molecule has 0 unspecified atom stereocenters. The molecule has 0 aliphatic carbocycles. The molecule has 0 saturated carbocycles.